The van der Waals surface area contributed by atoms with Crippen LogP contribution >= 0.6 is 0 Å². The second-order valence-corrected chi connectivity index (χ2v) is 10.1. The maximum absolute atomic E-state index is 12.8. The Balaban J connectivity index is 1.72. The van der Waals surface area contributed by atoms with Crippen LogP contribution in [0.2, 0.25) is 0 Å². The molecule has 0 spiro atoms. The number of rotatable bonds is 6. The van der Waals surface area contributed by atoms with Crippen LogP contribution in [0, 0.1) is 5.92 Å². The third kappa shape index (κ3) is 4.77. The second kappa shape index (κ2) is 9.33. The number of amidine groups is 1. The summed E-state index contributed by atoms with van der Waals surface area (Å²) in [4.78, 5) is 14.6. The molecule has 2 aliphatic heterocycles. The first kappa shape index (κ1) is 22.5. The van der Waals surface area contributed by atoms with Crippen LogP contribution in [0.3, 0.4) is 0 Å². The van der Waals surface area contributed by atoms with Crippen LogP contribution in [0.25, 0.3) is 4.91 Å². The number of hydrogen-bond acceptors (Lipinski definition) is 4. The van der Waals surface area contributed by atoms with Gasteiger partial charge in [-0.25, -0.2) is 0 Å². The van der Waals surface area contributed by atoms with Gasteiger partial charge in [0.2, 0.25) is 5.91 Å². The Morgan fingerprint density at radius 1 is 1.20 bits per heavy atom. The Morgan fingerprint density at radius 2 is 1.83 bits per heavy atom. The van der Waals surface area contributed by atoms with Gasteiger partial charge in [-0.15, -0.1) is 4.40 Å². The normalized spacial score (nSPS) is 19.4. The molecule has 2 heterocycles. The predicted octanol–water partition coefficient (Wildman–Crippen LogP) is 3.91. The molecule has 0 bridgehead atoms. The lowest BCUT2D eigenvalue weighted by atomic mass is 9.95. The first-order valence-corrected chi connectivity index (χ1v) is 12.4. The van der Waals surface area contributed by atoms with Crippen molar-refractivity contribution in [1.82, 2.24) is 10.2 Å². The van der Waals surface area contributed by atoms with E-state index >= 15 is 0 Å². The molecule has 0 aliphatic carbocycles. The summed E-state index contributed by atoms with van der Waals surface area (Å²) in [6, 6.07) is 7.71. The largest absolute Gasteiger partial charge is 0.356 e. The van der Waals surface area contributed by atoms with Crippen molar-refractivity contribution in [3.63, 3.8) is 0 Å². The molecule has 1 amide bonds. The van der Waals surface area contributed by atoms with E-state index in [-0.39, 0.29) is 11.8 Å². The Labute approximate surface area is 180 Å². The van der Waals surface area contributed by atoms with E-state index in [9.17, 15) is 13.2 Å². The van der Waals surface area contributed by atoms with Crippen molar-refractivity contribution in [2.75, 3.05) is 19.6 Å². The first-order valence-electron chi connectivity index (χ1n) is 10.9. The highest BCUT2D eigenvalue weighted by molar-refractivity contribution is 8.00. The average Bonchev–Trinajstić information content (AvgIpc) is 2.97. The molecular weight excluding hydrogens is 398 g/mol. The van der Waals surface area contributed by atoms with Gasteiger partial charge in [0.05, 0.1) is 0 Å². The number of likely N-dealkylation sites (tertiary alicyclic amines) is 1. The summed E-state index contributed by atoms with van der Waals surface area (Å²) in [6.45, 7) is 10.2. The van der Waals surface area contributed by atoms with Gasteiger partial charge in [-0.1, -0.05) is 51.5 Å². The lowest BCUT2D eigenvalue weighted by Gasteiger charge is -2.32. The van der Waals surface area contributed by atoms with Crippen molar-refractivity contribution in [3.8, 4) is 0 Å². The SMILES string of the molecule is CCCCNC(=O)C1CCN(C2=NS(=O)(=O)C(c3ccc(C(C)C)cc3)=C2C)CC1. The van der Waals surface area contributed by atoms with E-state index in [0.29, 0.717) is 53.7 Å². The molecule has 30 heavy (non-hydrogen) atoms. The van der Waals surface area contributed by atoms with E-state index in [2.05, 4.69) is 30.5 Å². The number of nitrogens with zero attached hydrogens (tertiary/aromatic N) is 2. The standard InChI is InChI=1S/C23H33N3O3S/c1-5-6-13-24-23(27)20-11-14-26(15-12-20)22-17(4)21(30(28,29)25-22)19-9-7-18(8-10-19)16(2)3/h7-10,16,20H,5-6,11-15H2,1-4H3,(H,24,27). The minimum atomic E-state index is -3.72. The zero-order valence-electron chi connectivity index (χ0n) is 18.4. The Kier molecular flexibility index (Phi) is 7.01. The second-order valence-electron chi connectivity index (χ2n) is 8.53. The fraction of sp³-hybridized carbons (Fsp3) is 0.565. The Morgan fingerprint density at radius 3 is 2.40 bits per heavy atom. The third-order valence-corrected chi connectivity index (χ3v) is 7.45. The summed E-state index contributed by atoms with van der Waals surface area (Å²) >= 11 is 0. The maximum Gasteiger partial charge on any atom is 0.285 e. The predicted molar refractivity (Wildman–Crippen MR) is 122 cm³/mol. The van der Waals surface area contributed by atoms with Crippen LogP contribution < -0.4 is 5.32 Å². The quantitative estimate of drug-likeness (QED) is 0.693. The van der Waals surface area contributed by atoms with Crippen LogP contribution in [0.4, 0.5) is 0 Å². The number of carbonyl (C=O) groups excluding carboxylic acids is 1. The number of hydrogen-bond donors (Lipinski definition) is 1. The highest BCUT2D eigenvalue weighted by Gasteiger charge is 2.35. The molecule has 1 aromatic rings. The topological polar surface area (TPSA) is 78.8 Å². The van der Waals surface area contributed by atoms with Crippen molar-refractivity contribution in [1.29, 1.82) is 0 Å². The third-order valence-electron chi connectivity index (χ3n) is 5.97. The number of benzene rings is 1. The smallest absolute Gasteiger partial charge is 0.285 e. The number of sulfonamides is 1. The minimum Gasteiger partial charge on any atom is -0.356 e. The van der Waals surface area contributed by atoms with Crippen molar-refractivity contribution in [2.45, 2.75) is 59.3 Å². The summed E-state index contributed by atoms with van der Waals surface area (Å²) in [5.74, 6) is 1.02. The summed E-state index contributed by atoms with van der Waals surface area (Å²) in [6.07, 6.45) is 3.47. The summed E-state index contributed by atoms with van der Waals surface area (Å²) in [5, 5.41) is 3.01. The highest BCUT2D eigenvalue weighted by atomic mass is 32.2. The molecular formula is C23H33N3O3S. The van der Waals surface area contributed by atoms with Gasteiger partial charge in [0.1, 0.15) is 10.7 Å². The lowest BCUT2D eigenvalue weighted by molar-refractivity contribution is -0.126. The monoisotopic (exact) mass is 431 g/mol. The fourth-order valence-electron chi connectivity index (χ4n) is 4.09. The zero-order valence-corrected chi connectivity index (χ0v) is 19.3. The van der Waals surface area contributed by atoms with Crippen LogP contribution in [0.1, 0.15) is 70.4 Å². The van der Waals surface area contributed by atoms with E-state index in [1.54, 1.807) is 0 Å². The van der Waals surface area contributed by atoms with Crippen molar-refractivity contribution >= 4 is 26.7 Å². The van der Waals surface area contributed by atoms with E-state index in [4.69, 9.17) is 0 Å². The molecule has 164 valence electrons. The number of nitrogens with one attached hydrogen (secondary N) is 1. The van der Waals surface area contributed by atoms with E-state index < -0.39 is 10.0 Å². The molecule has 3 rings (SSSR count). The van der Waals surface area contributed by atoms with E-state index in [1.165, 1.54) is 5.56 Å². The molecule has 0 saturated carbocycles. The Hall–Kier alpha value is -2.15. The van der Waals surface area contributed by atoms with Crippen LogP contribution in [-0.2, 0) is 14.8 Å². The van der Waals surface area contributed by atoms with Gasteiger partial charge < -0.3 is 10.2 Å². The Bertz CT molecular complexity index is 938. The molecule has 0 unspecified atom stereocenters. The molecule has 6 nitrogen and oxygen atoms in total. The zero-order chi connectivity index (χ0) is 21.9. The van der Waals surface area contributed by atoms with Gasteiger partial charge in [-0.2, -0.15) is 8.42 Å². The van der Waals surface area contributed by atoms with E-state index in [1.807, 2.05) is 36.1 Å². The molecule has 1 fully saturated rings. The van der Waals surface area contributed by atoms with Gasteiger partial charge in [-0.3, -0.25) is 4.79 Å². The molecule has 1 aromatic carbocycles. The summed E-state index contributed by atoms with van der Waals surface area (Å²) in [7, 11) is -3.72. The average molecular weight is 432 g/mol. The first-order chi connectivity index (χ1) is 14.2. The van der Waals surface area contributed by atoms with Gasteiger partial charge in [0, 0.05) is 31.1 Å². The molecule has 1 N–H and O–H groups in total. The molecule has 0 radical (unpaired) electrons. The lowest BCUT2D eigenvalue weighted by Crippen LogP contribution is -2.43. The van der Waals surface area contributed by atoms with Gasteiger partial charge in [-0.05, 0) is 43.2 Å². The maximum atomic E-state index is 12.8. The molecule has 2 aliphatic rings. The molecule has 0 aromatic heterocycles. The van der Waals surface area contributed by atoms with Crippen LogP contribution in [-0.4, -0.2) is 44.7 Å². The number of piperidine rings is 1. The van der Waals surface area contributed by atoms with Crippen LogP contribution in [0.5, 0.6) is 0 Å². The van der Waals surface area contributed by atoms with Crippen LogP contribution in [0.15, 0.2) is 34.2 Å². The number of carbonyl (C=O) groups is 1. The van der Waals surface area contributed by atoms with Crippen molar-refractivity contribution < 1.29 is 13.2 Å². The van der Waals surface area contributed by atoms with Crippen molar-refractivity contribution in [2.24, 2.45) is 10.3 Å². The minimum absolute atomic E-state index is 0.0101. The van der Waals surface area contributed by atoms with Gasteiger partial charge in [0.25, 0.3) is 10.0 Å². The molecule has 1 saturated heterocycles. The number of unbranched alkanes of at least 4 members (excludes halogenated alkanes) is 1. The molecule has 0 atom stereocenters. The van der Waals surface area contributed by atoms with Gasteiger partial charge in [0.15, 0.2) is 0 Å². The summed E-state index contributed by atoms with van der Waals surface area (Å²) < 4.78 is 29.8. The van der Waals surface area contributed by atoms with Crippen molar-refractivity contribution in [3.05, 3.63) is 41.0 Å². The fourth-order valence-corrected chi connectivity index (χ4v) is 5.57. The van der Waals surface area contributed by atoms with Gasteiger partial charge >= 0.3 is 0 Å². The summed E-state index contributed by atoms with van der Waals surface area (Å²) in [5.41, 5.74) is 2.55. The number of amides is 1. The highest BCUT2D eigenvalue weighted by Crippen LogP contribution is 2.35. The van der Waals surface area contributed by atoms with E-state index in [0.717, 1.165) is 19.4 Å². The molecule has 7 heteroatoms.